The number of carbonyl (C=O) groups excluding carboxylic acids is 2. The number of amides is 2. The summed E-state index contributed by atoms with van der Waals surface area (Å²) in [5.41, 5.74) is 14.4. The highest BCUT2D eigenvalue weighted by molar-refractivity contribution is 7.13. The Morgan fingerprint density at radius 3 is 2.34 bits per heavy atom. The summed E-state index contributed by atoms with van der Waals surface area (Å²) in [7, 11) is 0. The van der Waals surface area contributed by atoms with E-state index < -0.39 is 18.1 Å². The lowest BCUT2D eigenvalue weighted by Gasteiger charge is -2.43. The normalized spacial score (nSPS) is 23.8. The van der Waals surface area contributed by atoms with Gasteiger partial charge in [0, 0.05) is 93.7 Å². The molecule has 0 radical (unpaired) electrons. The number of rotatable bonds is 15. The summed E-state index contributed by atoms with van der Waals surface area (Å²) in [5, 5.41) is 37.3. The maximum Gasteiger partial charge on any atom is 0.243 e. The fourth-order valence-electron chi connectivity index (χ4n) is 11.7. The maximum absolute atomic E-state index is 14.4. The molecule has 1 aliphatic carbocycles. The van der Waals surface area contributed by atoms with Crippen molar-refractivity contribution in [3.63, 3.8) is 0 Å². The zero-order chi connectivity index (χ0) is 51.2. The molecule has 19 heteroatoms. The minimum atomic E-state index is -0.817. The van der Waals surface area contributed by atoms with E-state index >= 15 is 0 Å². The molecule has 1 unspecified atom stereocenters. The summed E-state index contributed by atoms with van der Waals surface area (Å²) in [4.78, 5) is 46.8. The number of phenolic OH excluding ortho intramolecular Hbond substituents is 1. The molecule has 18 nitrogen and oxygen atoms in total. The second-order valence-corrected chi connectivity index (χ2v) is 21.9. The van der Waals surface area contributed by atoms with Gasteiger partial charge < -0.3 is 54.9 Å². The van der Waals surface area contributed by atoms with Crippen molar-refractivity contribution < 1.29 is 33.8 Å². The van der Waals surface area contributed by atoms with Gasteiger partial charge in [-0.2, -0.15) is 0 Å². The van der Waals surface area contributed by atoms with E-state index in [4.69, 9.17) is 19.7 Å². The number of likely N-dealkylation sites (tertiary alicyclic amines) is 1. The third-order valence-electron chi connectivity index (χ3n) is 15.7. The Kier molecular flexibility index (Phi) is 13.9. The van der Waals surface area contributed by atoms with Crippen molar-refractivity contribution in [2.45, 2.75) is 127 Å². The van der Waals surface area contributed by atoms with Crippen molar-refractivity contribution in [1.82, 2.24) is 35.5 Å². The molecular weight excluding hydrogens is 959 g/mol. The Labute approximate surface area is 434 Å². The highest BCUT2D eigenvalue weighted by Gasteiger charge is 2.45. The number of nitrogens with one attached hydrogen (secondary N) is 1. The monoisotopic (exact) mass is 1020 g/mol. The van der Waals surface area contributed by atoms with Crippen molar-refractivity contribution in [1.29, 1.82) is 0 Å². The number of fused-ring (bicyclic) bond motifs is 2. The average molecular weight is 1020 g/mol. The Balaban J connectivity index is 0.642. The number of aliphatic hydroxyl groups is 1. The lowest BCUT2D eigenvalue weighted by molar-refractivity contribution is -0.141. The van der Waals surface area contributed by atoms with E-state index in [0.717, 1.165) is 97.8 Å². The SMILES string of the molecule is Cc1ncsc1-c1ccc([C@H](C)NC(=O)[C@@H]2C[C@@H](O)CN2C(=O)[C@@H](c2cc(N3CCC(OC4CC(Oc5cc(N6C7CC[C@@H]6CN(c6cc(-c8ccccc8O)nnc6N)C7)ccn5)C4)CC3)no2)C(C)C)cc1. The number of β-amino-alcohol motifs (C(OH)–C–C–N with tert-alkyl or cyclic N) is 1. The zero-order valence-corrected chi connectivity index (χ0v) is 43.1. The molecule has 2 bridgehead atoms. The molecule has 4 aliphatic heterocycles. The number of anilines is 4. The van der Waals surface area contributed by atoms with Gasteiger partial charge in [0.05, 0.1) is 51.8 Å². The van der Waals surface area contributed by atoms with E-state index in [9.17, 15) is 19.8 Å². The second-order valence-electron chi connectivity index (χ2n) is 21.0. The number of nitrogen functional groups attached to an aromatic ring is 1. The number of aromatic nitrogens is 5. The fourth-order valence-corrected chi connectivity index (χ4v) is 12.5. The lowest BCUT2D eigenvalue weighted by atomic mass is 9.91. The van der Waals surface area contributed by atoms with E-state index in [0.29, 0.717) is 34.5 Å². The number of benzene rings is 2. The summed E-state index contributed by atoms with van der Waals surface area (Å²) in [5.74, 6) is 0.888. The van der Waals surface area contributed by atoms with Crippen LogP contribution >= 0.6 is 11.3 Å². The number of pyridine rings is 1. The predicted molar refractivity (Wildman–Crippen MR) is 282 cm³/mol. The number of aryl methyl sites for hydroxylation is 1. The zero-order valence-electron chi connectivity index (χ0n) is 42.3. The van der Waals surface area contributed by atoms with E-state index in [1.807, 2.05) is 87.9 Å². The summed E-state index contributed by atoms with van der Waals surface area (Å²) in [6.45, 7) is 10.9. The van der Waals surface area contributed by atoms with Gasteiger partial charge in [-0.15, -0.1) is 21.5 Å². The van der Waals surface area contributed by atoms with Crippen LogP contribution < -0.4 is 30.5 Å². The van der Waals surface area contributed by atoms with Crippen LogP contribution in [0.4, 0.5) is 23.0 Å². The van der Waals surface area contributed by atoms with Crippen LogP contribution in [0.1, 0.15) is 94.7 Å². The summed E-state index contributed by atoms with van der Waals surface area (Å²) in [6.07, 6.45) is 6.82. The predicted octanol–water partition coefficient (Wildman–Crippen LogP) is 7.28. The first-order chi connectivity index (χ1) is 35.8. The third-order valence-corrected chi connectivity index (χ3v) is 16.7. The topological polar surface area (TPSA) is 222 Å². The molecule has 4 aromatic heterocycles. The van der Waals surface area contributed by atoms with Crippen molar-refractivity contribution >= 4 is 46.2 Å². The van der Waals surface area contributed by atoms with Crippen molar-refractivity contribution in [2.24, 2.45) is 5.92 Å². The highest BCUT2D eigenvalue weighted by Crippen LogP contribution is 2.41. The van der Waals surface area contributed by atoms with Gasteiger partial charge in [-0.05, 0) is 80.8 Å². The number of nitrogens with two attached hydrogens (primary N) is 1. The quantitative estimate of drug-likeness (QED) is 0.0794. The molecule has 2 amide bonds. The van der Waals surface area contributed by atoms with Crippen LogP contribution in [0.25, 0.3) is 21.7 Å². The molecule has 2 aromatic carbocycles. The molecule has 5 fully saturated rings. The highest BCUT2D eigenvalue weighted by atomic mass is 32.1. The van der Waals surface area contributed by atoms with Crippen LogP contribution in [-0.2, 0) is 14.3 Å². The minimum Gasteiger partial charge on any atom is -0.507 e. The van der Waals surface area contributed by atoms with E-state index in [-0.39, 0.29) is 72.9 Å². The van der Waals surface area contributed by atoms with Crippen molar-refractivity contribution in [3.8, 4) is 33.3 Å². The number of aliphatic hydroxyl groups excluding tert-OH is 1. The molecule has 5 aliphatic rings. The second kappa shape index (κ2) is 20.8. The van der Waals surface area contributed by atoms with Gasteiger partial charge in [-0.3, -0.25) is 9.59 Å². The summed E-state index contributed by atoms with van der Waals surface area (Å²) >= 11 is 1.59. The number of hydrogen-bond acceptors (Lipinski definition) is 17. The molecule has 8 heterocycles. The van der Waals surface area contributed by atoms with Crippen molar-refractivity contribution in [2.75, 3.05) is 53.2 Å². The number of phenols is 1. The number of aromatic hydroxyl groups is 1. The number of hydrogen-bond donors (Lipinski definition) is 4. The van der Waals surface area contributed by atoms with Gasteiger partial charge in [-0.1, -0.05) is 55.4 Å². The van der Waals surface area contributed by atoms with Gasteiger partial charge >= 0.3 is 0 Å². The molecule has 5 N–H and O–H groups in total. The van der Waals surface area contributed by atoms with Crippen LogP contribution in [0.2, 0.25) is 0 Å². The largest absolute Gasteiger partial charge is 0.507 e. The number of piperazine rings is 1. The van der Waals surface area contributed by atoms with Gasteiger partial charge in [0.1, 0.15) is 23.8 Å². The molecule has 4 saturated heterocycles. The van der Waals surface area contributed by atoms with Crippen LogP contribution in [0.15, 0.2) is 89.0 Å². The standard InChI is InChI=1S/C55H65N11O7S/c1-31(2)51(55(70)65-29-39(67)22-46(65)54(69)59-32(3)34-9-11-35(12-10-34)52-33(4)58-30-74-52)48-26-49(62-73-48)63-19-16-40(17-20-63)71-41-23-42(24-41)72-50-21-36(15-18-57-50)66-37-13-14-38(66)28-64(27-37)45-25-44(60-61-53(45)56)43-7-5-6-8-47(43)68/h5-12,15,18,21,25-26,30-32,37-42,46,51,67-68H,13-14,16-17,19-20,22-24,27-29H2,1-4H3,(H2,56,61)(H,59,69)/t32-,37+,38?,39+,41?,42?,46-,51+/m0/s1. The van der Waals surface area contributed by atoms with Gasteiger partial charge in [0.2, 0.25) is 17.7 Å². The number of carbonyl (C=O) groups is 2. The van der Waals surface area contributed by atoms with Crippen LogP contribution in [0, 0.1) is 12.8 Å². The number of piperidine rings is 1. The van der Waals surface area contributed by atoms with Crippen LogP contribution in [0.5, 0.6) is 11.6 Å². The molecule has 1 saturated carbocycles. The van der Waals surface area contributed by atoms with E-state index in [1.54, 1.807) is 23.5 Å². The van der Waals surface area contributed by atoms with Gasteiger partial charge in [0.15, 0.2) is 17.4 Å². The lowest BCUT2D eigenvalue weighted by Crippen LogP contribution is -2.54. The van der Waals surface area contributed by atoms with Gasteiger partial charge in [-0.25, -0.2) is 9.97 Å². The smallest absolute Gasteiger partial charge is 0.243 e. The molecular formula is C55H65N11O7S. The van der Waals surface area contributed by atoms with Crippen LogP contribution in [0.3, 0.4) is 0 Å². The van der Waals surface area contributed by atoms with Gasteiger partial charge in [0.25, 0.3) is 0 Å². The first kappa shape index (κ1) is 49.4. The third kappa shape index (κ3) is 10.1. The number of nitrogens with zero attached hydrogens (tertiary/aromatic N) is 9. The molecule has 0 spiro atoms. The van der Waals surface area contributed by atoms with E-state index in [1.165, 1.54) is 4.90 Å². The molecule has 11 rings (SSSR count). The fraction of sp³-hybridized carbons (Fsp3) is 0.473. The number of thiazole rings is 1. The molecule has 6 aromatic rings. The van der Waals surface area contributed by atoms with E-state index in [2.05, 4.69) is 57.5 Å². The first-order valence-corrected chi connectivity index (χ1v) is 26.9. The maximum atomic E-state index is 14.4. The minimum absolute atomic E-state index is 0.0293. The average Bonchev–Trinajstić information content (AvgIpc) is 4.20. The summed E-state index contributed by atoms with van der Waals surface area (Å²) in [6, 6.07) is 22.6. The summed E-state index contributed by atoms with van der Waals surface area (Å²) < 4.78 is 18.9. The Morgan fingerprint density at radius 2 is 1.62 bits per heavy atom. The molecule has 74 heavy (non-hydrogen) atoms. The number of ether oxygens (including phenoxy) is 2. The molecule has 388 valence electrons. The molecule has 6 atom stereocenters. The Hall–Kier alpha value is -6.83. The first-order valence-electron chi connectivity index (χ1n) is 26.1. The Morgan fingerprint density at radius 1 is 0.865 bits per heavy atom. The van der Waals surface area contributed by atoms with Crippen LogP contribution in [-0.4, -0.2) is 128 Å². The number of para-hydroxylation sites is 1. The van der Waals surface area contributed by atoms with Crippen molar-refractivity contribution in [3.05, 3.63) is 102 Å². The Bertz CT molecular complexity index is 2940.